The first-order valence-corrected chi connectivity index (χ1v) is 10.5. The van der Waals surface area contributed by atoms with Crippen LogP contribution in [0.4, 0.5) is 23.0 Å². The number of anilines is 4. The van der Waals surface area contributed by atoms with Crippen LogP contribution in [0.3, 0.4) is 0 Å². The first kappa shape index (κ1) is 17.5. The molecule has 3 aromatic heterocycles. The Labute approximate surface area is 194 Å². The molecule has 0 saturated heterocycles. The van der Waals surface area contributed by atoms with E-state index >= 15 is 0 Å². The van der Waals surface area contributed by atoms with Crippen molar-refractivity contribution in [1.82, 2.24) is 30.0 Å². The highest BCUT2D eigenvalue weighted by Crippen LogP contribution is 2.42. The second-order valence-electron chi connectivity index (χ2n) is 8.26. The molecular weight excluding hydrogens is 422 g/mol. The molecule has 0 unspecified atom stereocenters. The molecule has 1 fully saturated rings. The van der Waals surface area contributed by atoms with Crippen LogP contribution in [0.25, 0.3) is 11.3 Å². The maximum atomic E-state index is 12.7. The van der Waals surface area contributed by atoms with Crippen LogP contribution < -0.4 is 20.9 Å². The first-order chi connectivity index (χ1) is 17.0. The standard InChI is InChI=1S/C22H25N9O2/c1-11-25-17-13-7-8-24-20(19(13)30(3)10-15(17)31(11)4)26-14-9-16(27-21(32)12-5-6-12)28-29-18(14)22(33)23-2/h7-9,12H,5-6,10H2,1-4H3,(H,23,33)(H2,24,26,27,28,32)/i2D3. The lowest BCUT2D eigenvalue weighted by molar-refractivity contribution is -0.117. The van der Waals surface area contributed by atoms with E-state index in [9.17, 15) is 9.59 Å². The molecule has 2 amide bonds. The van der Waals surface area contributed by atoms with Gasteiger partial charge in [0.05, 0.1) is 29.3 Å². The molecule has 170 valence electrons. The van der Waals surface area contributed by atoms with Crippen LogP contribution in [0, 0.1) is 12.8 Å². The number of nitrogens with zero attached hydrogens (tertiary/aromatic N) is 6. The number of pyridine rings is 1. The number of fused-ring (bicyclic) bond motifs is 3. The van der Waals surface area contributed by atoms with Gasteiger partial charge in [-0.3, -0.25) is 9.59 Å². The zero-order chi connectivity index (χ0) is 25.8. The summed E-state index contributed by atoms with van der Waals surface area (Å²) in [6.45, 7) is -0.190. The molecule has 1 saturated carbocycles. The summed E-state index contributed by atoms with van der Waals surface area (Å²) in [5.74, 6) is 0.258. The maximum Gasteiger partial charge on any atom is 0.273 e. The number of nitrogens with one attached hydrogen (secondary N) is 3. The minimum atomic E-state index is -2.72. The van der Waals surface area contributed by atoms with Crippen LogP contribution in [-0.2, 0) is 18.4 Å². The molecule has 0 spiro atoms. The molecule has 11 heteroatoms. The molecule has 4 heterocycles. The van der Waals surface area contributed by atoms with Crippen LogP contribution >= 0.6 is 0 Å². The van der Waals surface area contributed by atoms with Gasteiger partial charge >= 0.3 is 0 Å². The lowest BCUT2D eigenvalue weighted by Gasteiger charge is -2.29. The Morgan fingerprint density at radius 2 is 2.06 bits per heavy atom. The van der Waals surface area contributed by atoms with Crippen molar-refractivity contribution in [3.8, 4) is 11.3 Å². The van der Waals surface area contributed by atoms with Gasteiger partial charge in [0.15, 0.2) is 17.3 Å². The fourth-order valence-corrected chi connectivity index (χ4v) is 3.96. The number of carbonyl (C=O) groups is 2. The van der Waals surface area contributed by atoms with Crippen molar-refractivity contribution in [1.29, 1.82) is 0 Å². The van der Waals surface area contributed by atoms with Gasteiger partial charge in [-0.2, -0.15) is 0 Å². The molecule has 0 radical (unpaired) electrons. The molecule has 2 aliphatic rings. The fourth-order valence-electron chi connectivity index (χ4n) is 3.96. The summed E-state index contributed by atoms with van der Waals surface area (Å²) >= 11 is 0. The monoisotopic (exact) mass is 450 g/mol. The molecule has 33 heavy (non-hydrogen) atoms. The van der Waals surface area contributed by atoms with Gasteiger partial charge in [-0.25, -0.2) is 9.97 Å². The molecule has 0 atom stereocenters. The third-order valence-corrected chi connectivity index (χ3v) is 5.96. The van der Waals surface area contributed by atoms with E-state index in [1.807, 2.05) is 41.9 Å². The van der Waals surface area contributed by atoms with E-state index in [2.05, 4.69) is 25.8 Å². The number of aryl methyl sites for hydroxylation is 1. The first-order valence-electron chi connectivity index (χ1n) is 12.0. The summed E-state index contributed by atoms with van der Waals surface area (Å²) in [6, 6.07) is 3.32. The minimum Gasteiger partial charge on any atom is -0.365 e. The summed E-state index contributed by atoms with van der Waals surface area (Å²) in [7, 11) is 3.89. The van der Waals surface area contributed by atoms with E-state index in [0.717, 1.165) is 41.3 Å². The normalized spacial score (nSPS) is 16.1. The number of hydrogen-bond donors (Lipinski definition) is 3. The van der Waals surface area contributed by atoms with E-state index in [4.69, 9.17) is 9.10 Å². The lowest BCUT2D eigenvalue weighted by Crippen LogP contribution is -2.25. The van der Waals surface area contributed by atoms with Crippen molar-refractivity contribution < 1.29 is 13.7 Å². The van der Waals surface area contributed by atoms with E-state index in [1.165, 1.54) is 6.07 Å². The van der Waals surface area contributed by atoms with E-state index < -0.39 is 12.9 Å². The summed E-state index contributed by atoms with van der Waals surface area (Å²) in [6.07, 6.45) is 3.25. The van der Waals surface area contributed by atoms with Gasteiger partial charge in [-0.15, -0.1) is 10.2 Å². The van der Waals surface area contributed by atoms with E-state index in [-0.39, 0.29) is 29.0 Å². The largest absolute Gasteiger partial charge is 0.365 e. The van der Waals surface area contributed by atoms with E-state index in [0.29, 0.717) is 12.4 Å². The Hall–Kier alpha value is -4.02. The van der Waals surface area contributed by atoms with Crippen molar-refractivity contribution in [2.24, 2.45) is 13.0 Å². The second-order valence-corrected chi connectivity index (χ2v) is 8.26. The second kappa shape index (κ2) is 7.84. The van der Waals surface area contributed by atoms with Gasteiger partial charge in [0.25, 0.3) is 5.91 Å². The Morgan fingerprint density at radius 1 is 1.24 bits per heavy atom. The maximum absolute atomic E-state index is 12.7. The highest BCUT2D eigenvalue weighted by atomic mass is 16.2. The predicted octanol–water partition coefficient (Wildman–Crippen LogP) is 1.98. The average Bonchev–Trinajstić information content (AvgIpc) is 3.61. The third kappa shape index (κ3) is 3.65. The fraction of sp³-hybridized carbons (Fsp3) is 0.364. The Morgan fingerprint density at radius 3 is 2.82 bits per heavy atom. The van der Waals surface area contributed by atoms with Crippen molar-refractivity contribution >= 4 is 34.8 Å². The van der Waals surface area contributed by atoms with E-state index in [1.54, 1.807) is 6.20 Å². The van der Waals surface area contributed by atoms with Crippen LogP contribution in [0.2, 0.25) is 0 Å². The molecule has 11 nitrogen and oxygen atoms in total. The number of carbonyl (C=O) groups excluding carboxylic acids is 2. The van der Waals surface area contributed by atoms with Crippen LogP contribution in [0.1, 0.15) is 39.0 Å². The topological polar surface area (TPSA) is 130 Å². The number of aromatic nitrogens is 5. The molecular formula is C22H25N9O2. The zero-order valence-electron chi connectivity index (χ0n) is 21.4. The Balaban J connectivity index is 1.55. The summed E-state index contributed by atoms with van der Waals surface area (Å²) in [5, 5.41) is 15.6. The molecule has 0 bridgehead atoms. The molecule has 0 aromatic carbocycles. The van der Waals surface area contributed by atoms with Gasteiger partial charge in [0.2, 0.25) is 5.91 Å². The number of hydrogen-bond acceptors (Lipinski definition) is 8. The van der Waals surface area contributed by atoms with Crippen molar-refractivity contribution in [2.45, 2.75) is 26.3 Å². The Kier molecular flexibility index (Phi) is 4.16. The number of rotatable bonds is 5. The smallest absolute Gasteiger partial charge is 0.273 e. The molecule has 1 aliphatic carbocycles. The third-order valence-electron chi connectivity index (χ3n) is 5.96. The van der Waals surface area contributed by atoms with Gasteiger partial charge in [0.1, 0.15) is 5.82 Å². The van der Waals surface area contributed by atoms with Crippen LogP contribution in [0.15, 0.2) is 18.3 Å². The lowest BCUT2D eigenvalue weighted by atomic mass is 10.0. The molecule has 1 aliphatic heterocycles. The van der Waals surface area contributed by atoms with Gasteiger partial charge in [-0.05, 0) is 25.8 Å². The molecule has 3 N–H and O–H groups in total. The quantitative estimate of drug-likeness (QED) is 0.538. The van der Waals surface area contributed by atoms with Gasteiger partial charge in [-0.1, -0.05) is 0 Å². The molecule has 5 rings (SSSR count). The summed E-state index contributed by atoms with van der Waals surface area (Å²) in [5.41, 5.74) is 3.42. The summed E-state index contributed by atoms with van der Waals surface area (Å²) < 4.78 is 24.2. The van der Waals surface area contributed by atoms with Crippen molar-refractivity contribution in [2.75, 3.05) is 29.6 Å². The highest BCUT2D eigenvalue weighted by molar-refractivity contribution is 6.00. The molecule has 3 aromatic rings. The predicted molar refractivity (Wildman–Crippen MR) is 123 cm³/mol. The van der Waals surface area contributed by atoms with Crippen molar-refractivity contribution in [3.63, 3.8) is 0 Å². The number of amides is 2. The zero-order valence-corrected chi connectivity index (χ0v) is 18.4. The minimum absolute atomic E-state index is 0.0609. The Bertz CT molecular complexity index is 1380. The van der Waals surface area contributed by atoms with Crippen LogP contribution in [0.5, 0.6) is 0 Å². The summed E-state index contributed by atoms with van der Waals surface area (Å²) in [4.78, 5) is 36.2. The van der Waals surface area contributed by atoms with Gasteiger partial charge in [0, 0.05) is 48.9 Å². The number of imidazole rings is 1. The average molecular weight is 451 g/mol. The SMILES string of the molecule is [2H]C([2H])([2H])NC(=O)c1nnc(NC(=O)C2CC2)cc1Nc1nccc2c1N(C)Cc1c-2nc(C)n1C. The highest BCUT2D eigenvalue weighted by Gasteiger charge is 2.31. The van der Waals surface area contributed by atoms with Crippen LogP contribution in [-0.4, -0.2) is 50.6 Å². The van der Waals surface area contributed by atoms with Gasteiger partial charge < -0.3 is 25.4 Å². The van der Waals surface area contributed by atoms with Crippen molar-refractivity contribution in [3.05, 3.63) is 35.5 Å².